The van der Waals surface area contributed by atoms with Crippen LogP contribution in [0.15, 0.2) is 38.7 Å². The van der Waals surface area contributed by atoms with E-state index in [1.54, 1.807) is 16.7 Å². The topological polar surface area (TPSA) is 89.6 Å². The normalized spacial score (nSPS) is 11.1. The second kappa shape index (κ2) is 7.43. The minimum Gasteiger partial charge on any atom is -0.334 e. The van der Waals surface area contributed by atoms with Gasteiger partial charge in [-0.05, 0) is 30.7 Å². The summed E-state index contributed by atoms with van der Waals surface area (Å²) in [5, 5.41) is 11.0. The molecule has 0 aliphatic carbocycles. The highest BCUT2D eigenvalue weighted by Crippen LogP contribution is 2.22. The second-order valence-electron chi connectivity index (χ2n) is 5.13. The molecule has 3 rings (SSSR count). The molecule has 0 bridgehead atoms. The molecule has 3 aromatic rings. The fraction of sp³-hybridized carbons (Fsp3) is 0.333. The van der Waals surface area contributed by atoms with Crippen molar-refractivity contribution in [1.82, 2.24) is 24.9 Å². The Morgan fingerprint density at radius 3 is 2.88 bits per heavy atom. The number of nitrogens with zero attached hydrogens (tertiary/aromatic N) is 4. The predicted octanol–water partition coefficient (Wildman–Crippen LogP) is 2.85. The molecule has 0 spiro atoms. The van der Waals surface area contributed by atoms with Crippen LogP contribution in [0.4, 0.5) is 4.39 Å². The van der Waals surface area contributed by atoms with Crippen LogP contribution in [-0.4, -0.2) is 24.9 Å². The van der Waals surface area contributed by atoms with Gasteiger partial charge < -0.3 is 4.52 Å². The number of aromatic amines is 1. The molecule has 0 saturated carbocycles. The molecule has 0 radical (unpaired) electrons. The van der Waals surface area contributed by atoms with E-state index in [1.165, 1.54) is 23.9 Å². The Hall–Kier alpha value is -2.42. The van der Waals surface area contributed by atoms with E-state index < -0.39 is 0 Å². The molecule has 0 atom stereocenters. The van der Waals surface area contributed by atoms with Gasteiger partial charge >= 0.3 is 5.69 Å². The third-order valence-corrected chi connectivity index (χ3v) is 4.32. The molecular weight excluding hydrogens is 333 g/mol. The van der Waals surface area contributed by atoms with Crippen molar-refractivity contribution in [2.45, 2.75) is 37.2 Å². The molecule has 24 heavy (non-hydrogen) atoms. The van der Waals surface area contributed by atoms with Crippen LogP contribution in [0.1, 0.15) is 25.6 Å². The van der Waals surface area contributed by atoms with Crippen LogP contribution in [0.5, 0.6) is 0 Å². The zero-order chi connectivity index (χ0) is 16.9. The molecule has 0 saturated heterocycles. The van der Waals surface area contributed by atoms with E-state index in [2.05, 4.69) is 27.3 Å². The maximum Gasteiger partial charge on any atom is 0.343 e. The average Bonchev–Trinajstić information content (AvgIpc) is 3.19. The lowest BCUT2D eigenvalue weighted by molar-refractivity contribution is 0.425. The first-order valence-electron chi connectivity index (χ1n) is 7.54. The highest BCUT2D eigenvalue weighted by molar-refractivity contribution is 7.98. The standard InChI is InChI=1S/C15H16FN5O2S/c1-2-3-8-21-14(22)18-19-15(21)24-9-12-17-13(23-20-12)10-4-6-11(16)7-5-10/h4-7H,2-3,8-9H2,1H3,(H,18,22). The summed E-state index contributed by atoms with van der Waals surface area (Å²) < 4.78 is 19.7. The van der Waals surface area contributed by atoms with Gasteiger partial charge in [-0.2, -0.15) is 4.98 Å². The van der Waals surface area contributed by atoms with Crippen molar-refractivity contribution >= 4 is 11.8 Å². The summed E-state index contributed by atoms with van der Waals surface area (Å²) in [6, 6.07) is 5.83. The maximum atomic E-state index is 12.9. The molecule has 1 N–H and O–H groups in total. The lowest BCUT2D eigenvalue weighted by atomic mass is 10.2. The lowest BCUT2D eigenvalue weighted by Crippen LogP contribution is -2.17. The Balaban J connectivity index is 1.68. The number of hydrogen-bond acceptors (Lipinski definition) is 6. The summed E-state index contributed by atoms with van der Waals surface area (Å²) in [6.45, 7) is 2.69. The van der Waals surface area contributed by atoms with Gasteiger partial charge in [-0.3, -0.25) is 4.57 Å². The number of aromatic nitrogens is 5. The Morgan fingerprint density at radius 1 is 1.33 bits per heavy atom. The van der Waals surface area contributed by atoms with Crippen molar-refractivity contribution in [3.8, 4) is 11.5 Å². The molecule has 2 heterocycles. The van der Waals surface area contributed by atoms with Crippen LogP contribution < -0.4 is 5.69 Å². The summed E-state index contributed by atoms with van der Waals surface area (Å²) in [7, 11) is 0. The monoisotopic (exact) mass is 349 g/mol. The van der Waals surface area contributed by atoms with Crippen LogP contribution in [0.2, 0.25) is 0 Å². The van der Waals surface area contributed by atoms with Gasteiger partial charge in [0.2, 0.25) is 0 Å². The van der Waals surface area contributed by atoms with Gasteiger partial charge in [-0.1, -0.05) is 30.3 Å². The largest absolute Gasteiger partial charge is 0.343 e. The highest BCUT2D eigenvalue weighted by atomic mass is 32.2. The van der Waals surface area contributed by atoms with E-state index in [1.807, 2.05) is 0 Å². The van der Waals surface area contributed by atoms with Crippen LogP contribution in [0.3, 0.4) is 0 Å². The van der Waals surface area contributed by atoms with Gasteiger partial charge in [0.1, 0.15) is 5.82 Å². The number of H-pyrrole nitrogens is 1. The van der Waals surface area contributed by atoms with Gasteiger partial charge in [0.05, 0.1) is 5.75 Å². The SMILES string of the molecule is CCCCn1c(SCc2noc(-c3ccc(F)cc3)n2)n[nH]c1=O. The molecule has 0 aliphatic heterocycles. The minimum atomic E-state index is -0.322. The Labute approximate surface area is 141 Å². The van der Waals surface area contributed by atoms with Gasteiger partial charge in [0.25, 0.3) is 5.89 Å². The Morgan fingerprint density at radius 2 is 2.12 bits per heavy atom. The second-order valence-corrected chi connectivity index (χ2v) is 6.07. The first-order valence-corrected chi connectivity index (χ1v) is 8.52. The maximum absolute atomic E-state index is 12.9. The molecule has 7 nitrogen and oxygen atoms in total. The zero-order valence-corrected chi connectivity index (χ0v) is 13.8. The highest BCUT2D eigenvalue weighted by Gasteiger charge is 2.13. The van der Waals surface area contributed by atoms with Gasteiger partial charge in [0.15, 0.2) is 11.0 Å². The van der Waals surface area contributed by atoms with E-state index in [4.69, 9.17) is 4.52 Å². The van der Waals surface area contributed by atoms with E-state index in [9.17, 15) is 9.18 Å². The van der Waals surface area contributed by atoms with Crippen LogP contribution in [-0.2, 0) is 12.3 Å². The quantitative estimate of drug-likeness (QED) is 0.660. The van der Waals surface area contributed by atoms with Crippen LogP contribution in [0, 0.1) is 5.82 Å². The number of thioether (sulfide) groups is 1. The van der Waals surface area contributed by atoms with E-state index >= 15 is 0 Å². The molecule has 9 heteroatoms. The van der Waals surface area contributed by atoms with Gasteiger partial charge in [-0.25, -0.2) is 14.3 Å². The minimum absolute atomic E-state index is 0.217. The fourth-order valence-corrected chi connectivity index (χ4v) is 2.89. The molecule has 2 aromatic heterocycles. The summed E-state index contributed by atoms with van der Waals surface area (Å²) in [5.74, 6) is 0.909. The number of halogens is 1. The van der Waals surface area contributed by atoms with Crippen LogP contribution >= 0.6 is 11.8 Å². The van der Waals surface area contributed by atoms with Crippen molar-refractivity contribution in [2.75, 3.05) is 0 Å². The first-order chi connectivity index (χ1) is 11.7. The third kappa shape index (κ3) is 3.73. The van der Waals surface area contributed by atoms with E-state index in [0.29, 0.717) is 34.7 Å². The predicted molar refractivity (Wildman–Crippen MR) is 87.0 cm³/mol. The molecule has 0 amide bonds. The van der Waals surface area contributed by atoms with Crippen molar-refractivity contribution < 1.29 is 8.91 Å². The summed E-state index contributed by atoms with van der Waals surface area (Å²) in [5.41, 5.74) is 0.436. The number of nitrogens with one attached hydrogen (secondary N) is 1. The van der Waals surface area contributed by atoms with E-state index in [-0.39, 0.29) is 11.5 Å². The molecule has 126 valence electrons. The lowest BCUT2D eigenvalue weighted by Gasteiger charge is -2.02. The number of hydrogen-bond donors (Lipinski definition) is 1. The smallest absolute Gasteiger partial charge is 0.334 e. The zero-order valence-electron chi connectivity index (χ0n) is 13.0. The number of rotatable bonds is 7. The third-order valence-electron chi connectivity index (χ3n) is 3.35. The van der Waals surface area contributed by atoms with E-state index in [0.717, 1.165) is 12.8 Å². The van der Waals surface area contributed by atoms with Crippen molar-refractivity contribution in [3.63, 3.8) is 0 Å². The number of unbranched alkanes of at least 4 members (excludes halogenated alkanes) is 1. The Kier molecular flexibility index (Phi) is 5.09. The summed E-state index contributed by atoms with van der Waals surface area (Å²) in [4.78, 5) is 16.0. The first kappa shape index (κ1) is 16.4. The fourth-order valence-electron chi connectivity index (χ4n) is 2.08. The molecule has 1 aromatic carbocycles. The van der Waals surface area contributed by atoms with Crippen LogP contribution in [0.25, 0.3) is 11.5 Å². The van der Waals surface area contributed by atoms with Gasteiger partial charge in [0, 0.05) is 12.1 Å². The summed E-state index contributed by atoms with van der Waals surface area (Å²) >= 11 is 1.36. The Bertz CT molecular complexity index is 855. The molecule has 0 aliphatic rings. The summed E-state index contributed by atoms with van der Waals surface area (Å²) in [6.07, 6.45) is 1.90. The average molecular weight is 349 g/mol. The van der Waals surface area contributed by atoms with Crippen molar-refractivity contribution in [3.05, 3.63) is 46.4 Å². The molecular formula is C15H16FN5O2S. The molecule has 0 unspecified atom stereocenters. The van der Waals surface area contributed by atoms with Crippen molar-refractivity contribution in [1.29, 1.82) is 0 Å². The number of benzene rings is 1. The van der Waals surface area contributed by atoms with Crippen molar-refractivity contribution in [2.24, 2.45) is 0 Å². The molecule has 0 fully saturated rings. The van der Waals surface area contributed by atoms with Gasteiger partial charge in [-0.15, -0.1) is 5.10 Å².